The minimum Gasteiger partial charge on any atom is -0.493 e. The van der Waals surface area contributed by atoms with Gasteiger partial charge in [-0.2, -0.15) is 0 Å². The van der Waals surface area contributed by atoms with Gasteiger partial charge in [0.05, 0.1) is 32.3 Å². The van der Waals surface area contributed by atoms with Crippen molar-refractivity contribution in [1.29, 1.82) is 0 Å². The van der Waals surface area contributed by atoms with Gasteiger partial charge < -0.3 is 24.8 Å². The van der Waals surface area contributed by atoms with E-state index < -0.39 is 17.1 Å². The molecule has 4 amide bonds. The lowest BCUT2D eigenvalue weighted by Gasteiger charge is -2.16. The molecule has 0 unspecified atom stereocenters. The number of anilines is 2. The predicted molar refractivity (Wildman–Crippen MR) is 189 cm³/mol. The predicted octanol–water partition coefficient (Wildman–Crippen LogP) is 6.15. The van der Waals surface area contributed by atoms with Crippen LogP contribution in [0.1, 0.15) is 22.3 Å². The zero-order chi connectivity index (χ0) is 33.5. The summed E-state index contributed by atoms with van der Waals surface area (Å²) in [5.41, 5.74) is 1.79. The molecule has 10 nitrogen and oxygen atoms in total. The van der Waals surface area contributed by atoms with E-state index in [2.05, 4.69) is 33.2 Å². The molecule has 4 aromatic rings. The molecule has 0 aliphatic carbocycles. The maximum Gasteiger partial charge on any atom is 0.272 e. The van der Waals surface area contributed by atoms with E-state index >= 15 is 0 Å². The van der Waals surface area contributed by atoms with Gasteiger partial charge >= 0.3 is 0 Å². The molecule has 2 N–H and O–H groups in total. The smallest absolute Gasteiger partial charge is 0.272 e. The molecule has 1 saturated heterocycles. The minimum absolute atomic E-state index is 0.0455. The van der Waals surface area contributed by atoms with Gasteiger partial charge in [0.25, 0.3) is 11.8 Å². The largest absolute Gasteiger partial charge is 0.493 e. The maximum absolute atomic E-state index is 13.7. The standard InChI is InChI=1S/C35H30IN3O7S/c1-44-28-17-21(18-29(45-2)32(28)46-3)16-27(38-33(41)22-8-5-4-6-9-22)34(42)37-24-10-7-11-26(19-24)47-30-20-31(40)39(35(30)43)25-14-12-23(36)13-15-25/h4-19,30H,20H2,1-3H3,(H,37,42)(H,38,41)/b27-16-/t30-/m1/s1. The molecule has 4 aromatic carbocycles. The average molecular weight is 764 g/mol. The summed E-state index contributed by atoms with van der Waals surface area (Å²) in [6.07, 6.45) is 1.56. The number of nitrogens with one attached hydrogen (secondary N) is 2. The van der Waals surface area contributed by atoms with E-state index in [1.165, 1.54) is 44.1 Å². The lowest BCUT2D eigenvalue weighted by Crippen LogP contribution is -2.31. The number of hydrogen-bond acceptors (Lipinski definition) is 8. The first-order valence-electron chi connectivity index (χ1n) is 14.3. The van der Waals surface area contributed by atoms with Crippen LogP contribution in [-0.4, -0.2) is 50.2 Å². The number of nitrogens with zero attached hydrogens (tertiary/aromatic N) is 1. The van der Waals surface area contributed by atoms with Crippen molar-refractivity contribution in [2.75, 3.05) is 31.5 Å². The van der Waals surface area contributed by atoms with E-state index in [-0.39, 0.29) is 23.9 Å². The number of carbonyl (C=O) groups is 4. The second-order valence-corrected chi connectivity index (χ2v) is 12.7. The molecule has 240 valence electrons. The van der Waals surface area contributed by atoms with Crippen molar-refractivity contribution in [3.63, 3.8) is 0 Å². The monoisotopic (exact) mass is 763 g/mol. The lowest BCUT2D eigenvalue weighted by molar-refractivity contribution is -0.121. The van der Waals surface area contributed by atoms with Crippen molar-refractivity contribution in [3.8, 4) is 17.2 Å². The molecule has 1 aliphatic heterocycles. The van der Waals surface area contributed by atoms with Crippen molar-refractivity contribution < 1.29 is 33.4 Å². The number of methoxy groups -OCH3 is 3. The van der Waals surface area contributed by atoms with Gasteiger partial charge in [-0.3, -0.25) is 19.2 Å². The number of hydrogen-bond donors (Lipinski definition) is 2. The molecule has 0 saturated carbocycles. The summed E-state index contributed by atoms with van der Waals surface area (Å²) in [5, 5.41) is 4.94. The molecule has 0 bridgehead atoms. The number of rotatable bonds is 11. The first-order chi connectivity index (χ1) is 22.7. The van der Waals surface area contributed by atoms with E-state index in [1.54, 1.807) is 78.9 Å². The van der Waals surface area contributed by atoms with Gasteiger partial charge in [0, 0.05) is 26.1 Å². The van der Waals surface area contributed by atoms with Gasteiger partial charge in [0.1, 0.15) is 5.70 Å². The molecular formula is C35H30IN3O7S. The summed E-state index contributed by atoms with van der Waals surface area (Å²) >= 11 is 3.41. The third kappa shape index (κ3) is 7.95. The van der Waals surface area contributed by atoms with E-state index in [1.807, 2.05) is 12.1 Å². The topological polar surface area (TPSA) is 123 Å². The fourth-order valence-electron chi connectivity index (χ4n) is 4.86. The van der Waals surface area contributed by atoms with Crippen LogP contribution in [0.15, 0.2) is 102 Å². The van der Waals surface area contributed by atoms with Gasteiger partial charge in [-0.15, -0.1) is 11.8 Å². The Kier molecular flexibility index (Phi) is 10.8. The van der Waals surface area contributed by atoms with Crippen LogP contribution in [0.2, 0.25) is 0 Å². The second kappa shape index (κ2) is 15.2. The Morgan fingerprint density at radius 1 is 0.872 bits per heavy atom. The Hall–Kier alpha value is -4.82. The number of thioether (sulfide) groups is 1. The van der Waals surface area contributed by atoms with Crippen molar-refractivity contribution in [1.82, 2.24) is 5.32 Å². The molecule has 0 radical (unpaired) electrons. The number of amides is 4. The van der Waals surface area contributed by atoms with Crippen LogP contribution in [0.3, 0.4) is 0 Å². The first-order valence-corrected chi connectivity index (χ1v) is 16.2. The number of ether oxygens (including phenoxy) is 3. The highest BCUT2D eigenvalue weighted by Gasteiger charge is 2.40. The van der Waals surface area contributed by atoms with Gasteiger partial charge in [0.2, 0.25) is 17.6 Å². The average Bonchev–Trinajstić information content (AvgIpc) is 3.36. The van der Waals surface area contributed by atoms with Crippen LogP contribution in [0, 0.1) is 3.57 Å². The SMILES string of the molecule is COc1cc(/C=C(\NC(=O)c2ccccc2)C(=O)Nc2cccc(S[C@@H]3CC(=O)N(c4ccc(I)cc4)C3=O)c2)cc(OC)c1OC. The molecule has 1 fully saturated rings. The third-order valence-corrected chi connectivity index (χ3v) is 8.99. The van der Waals surface area contributed by atoms with Crippen molar-refractivity contribution in [3.05, 3.63) is 111 Å². The summed E-state index contributed by atoms with van der Waals surface area (Å²) in [6.45, 7) is 0. The highest BCUT2D eigenvalue weighted by molar-refractivity contribution is 14.1. The number of carbonyl (C=O) groups excluding carboxylic acids is 4. The van der Waals surface area contributed by atoms with Crippen LogP contribution in [0.4, 0.5) is 11.4 Å². The van der Waals surface area contributed by atoms with Gasteiger partial charge in [-0.1, -0.05) is 24.3 Å². The molecule has 47 heavy (non-hydrogen) atoms. The van der Waals surface area contributed by atoms with E-state index in [9.17, 15) is 19.2 Å². The fraction of sp³-hybridized carbons (Fsp3) is 0.143. The minimum atomic E-state index is -0.617. The second-order valence-electron chi connectivity index (χ2n) is 10.2. The Morgan fingerprint density at radius 2 is 1.55 bits per heavy atom. The zero-order valence-corrected chi connectivity index (χ0v) is 28.6. The van der Waals surface area contributed by atoms with Crippen molar-refractivity contribution >= 4 is 75.4 Å². The van der Waals surface area contributed by atoms with Crippen molar-refractivity contribution in [2.24, 2.45) is 0 Å². The number of benzene rings is 4. The summed E-state index contributed by atoms with van der Waals surface area (Å²) in [5.74, 6) is -0.517. The van der Waals surface area contributed by atoms with Gasteiger partial charge in [-0.25, -0.2) is 4.90 Å². The summed E-state index contributed by atoms with van der Waals surface area (Å²) < 4.78 is 17.3. The highest BCUT2D eigenvalue weighted by atomic mass is 127. The van der Waals surface area contributed by atoms with Crippen LogP contribution < -0.4 is 29.7 Å². The Bertz CT molecular complexity index is 1820. The molecule has 1 atom stereocenters. The first kappa shape index (κ1) is 33.5. The van der Waals surface area contributed by atoms with Crippen LogP contribution in [0.25, 0.3) is 6.08 Å². The number of halogens is 1. The van der Waals surface area contributed by atoms with E-state index in [0.717, 1.165) is 3.57 Å². The van der Waals surface area contributed by atoms with Crippen molar-refractivity contribution in [2.45, 2.75) is 16.6 Å². The molecule has 0 aromatic heterocycles. The molecule has 1 aliphatic rings. The normalized spacial score (nSPS) is 14.5. The molecule has 5 rings (SSSR count). The summed E-state index contributed by atoms with van der Waals surface area (Å²) in [4.78, 5) is 54.7. The highest BCUT2D eigenvalue weighted by Crippen LogP contribution is 2.39. The van der Waals surface area contributed by atoms with E-state index in [4.69, 9.17) is 14.2 Å². The Balaban J connectivity index is 1.38. The third-order valence-electron chi connectivity index (χ3n) is 7.09. The molecule has 0 spiro atoms. The molecular weight excluding hydrogens is 733 g/mol. The summed E-state index contributed by atoms with van der Waals surface area (Å²) in [7, 11) is 4.45. The Labute approximate surface area is 289 Å². The quantitative estimate of drug-likeness (QED) is 0.106. The summed E-state index contributed by atoms with van der Waals surface area (Å²) in [6, 6.07) is 26.0. The maximum atomic E-state index is 13.7. The van der Waals surface area contributed by atoms with Crippen LogP contribution in [-0.2, 0) is 14.4 Å². The van der Waals surface area contributed by atoms with Crippen LogP contribution >= 0.6 is 34.4 Å². The fourth-order valence-corrected chi connectivity index (χ4v) is 6.33. The van der Waals surface area contributed by atoms with Gasteiger partial charge in [-0.05, 0) is 101 Å². The zero-order valence-electron chi connectivity index (χ0n) is 25.6. The van der Waals surface area contributed by atoms with Gasteiger partial charge in [0.15, 0.2) is 11.5 Å². The Morgan fingerprint density at radius 3 is 2.19 bits per heavy atom. The van der Waals surface area contributed by atoms with E-state index in [0.29, 0.717) is 44.6 Å². The number of imide groups is 1. The molecule has 12 heteroatoms. The van der Waals surface area contributed by atoms with Crippen LogP contribution in [0.5, 0.6) is 17.2 Å². The molecule has 1 heterocycles. The lowest BCUT2D eigenvalue weighted by atomic mass is 10.1.